The minimum Gasteiger partial charge on any atom is -0.463 e. The zero-order valence-corrected chi connectivity index (χ0v) is 20.8. The molecule has 0 spiro atoms. The zero-order valence-electron chi connectivity index (χ0n) is 19.3. The molecule has 188 valence electrons. The Kier molecular flexibility index (Phi) is 8.87. The van der Waals surface area contributed by atoms with Crippen LogP contribution in [0, 0.1) is 0 Å². The lowest BCUT2D eigenvalue weighted by Crippen LogP contribution is -2.61. The van der Waals surface area contributed by atoms with E-state index >= 15 is 0 Å². The number of esters is 4. The summed E-state index contributed by atoms with van der Waals surface area (Å²) in [6, 6.07) is 7.07. The molecular weight excluding hydrogens is 504 g/mol. The van der Waals surface area contributed by atoms with Crippen molar-refractivity contribution < 1.29 is 42.9 Å². The lowest BCUT2D eigenvalue weighted by molar-refractivity contribution is -0.237. The van der Waals surface area contributed by atoms with Gasteiger partial charge in [0.1, 0.15) is 17.7 Å². The van der Waals surface area contributed by atoms with Crippen LogP contribution in [-0.2, 0) is 42.9 Å². The number of para-hydroxylation sites is 2. The van der Waals surface area contributed by atoms with Gasteiger partial charge < -0.3 is 23.7 Å². The number of hydrogen-bond acceptors (Lipinski definition) is 12. The average Bonchev–Trinajstić information content (AvgIpc) is 2.76. The highest BCUT2D eigenvalue weighted by molar-refractivity contribution is 7.99. The van der Waals surface area contributed by atoms with Gasteiger partial charge in [-0.1, -0.05) is 35.5 Å². The maximum Gasteiger partial charge on any atom is 0.303 e. The van der Waals surface area contributed by atoms with Crippen LogP contribution in [0.3, 0.4) is 0 Å². The first-order chi connectivity index (χ1) is 16.5. The van der Waals surface area contributed by atoms with Crippen molar-refractivity contribution >= 4 is 58.3 Å². The third kappa shape index (κ3) is 7.03. The van der Waals surface area contributed by atoms with E-state index in [1.54, 1.807) is 24.3 Å². The molecule has 1 fully saturated rings. The van der Waals surface area contributed by atoms with Crippen LogP contribution < -0.4 is 0 Å². The third-order valence-corrected chi connectivity index (χ3v) is 6.17. The van der Waals surface area contributed by atoms with Crippen LogP contribution in [0.5, 0.6) is 0 Å². The number of carbonyl (C=O) groups excluding carboxylic acids is 4. The van der Waals surface area contributed by atoms with Crippen molar-refractivity contribution in [1.29, 1.82) is 0 Å². The molecule has 5 atom stereocenters. The number of fused-ring (bicyclic) bond motifs is 1. The van der Waals surface area contributed by atoms with Gasteiger partial charge in [0.25, 0.3) is 0 Å². The lowest BCUT2D eigenvalue weighted by atomic mass is 9.99. The first kappa shape index (κ1) is 26.6. The van der Waals surface area contributed by atoms with E-state index in [2.05, 4.69) is 9.97 Å². The molecule has 1 saturated heterocycles. The second kappa shape index (κ2) is 11.6. The van der Waals surface area contributed by atoms with E-state index in [1.807, 2.05) is 0 Å². The van der Waals surface area contributed by atoms with E-state index in [-0.39, 0.29) is 16.8 Å². The fraction of sp³-hybridized carbons (Fsp3) is 0.455. The Morgan fingerprint density at radius 2 is 1.40 bits per heavy atom. The highest BCUT2D eigenvalue weighted by atomic mass is 35.5. The van der Waals surface area contributed by atoms with Crippen molar-refractivity contribution in [2.75, 3.05) is 6.61 Å². The molecule has 0 radical (unpaired) electrons. The molecule has 1 aliphatic rings. The van der Waals surface area contributed by atoms with Gasteiger partial charge in [0.05, 0.1) is 11.0 Å². The number of ether oxygens (including phenoxy) is 5. The van der Waals surface area contributed by atoms with Gasteiger partial charge in [-0.15, -0.1) is 0 Å². The highest BCUT2D eigenvalue weighted by Crippen LogP contribution is 2.39. The van der Waals surface area contributed by atoms with Gasteiger partial charge in [-0.2, -0.15) is 0 Å². The molecule has 35 heavy (non-hydrogen) atoms. The molecule has 0 aliphatic carbocycles. The number of carbonyl (C=O) groups is 4. The summed E-state index contributed by atoms with van der Waals surface area (Å²) in [4.78, 5) is 56.0. The fourth-order valence-electron chi connectivity index (χ4n) is 3.43. The summed E-state index contributed by atoms with van der Waals surface area (Å²) in [6.07, 6.45) is -4.82. The second-order valence-corrected chi connectivity index (χ2v) is 8.94. The topological polar surface area (TPSA) is 140 Å². The summed E-state index contributed by atoms with van der Waals surface area (Å²) in [5, 5.41) is 0.327. The zero-order chi connectivity index (χ0) is 25.7. The molecule has 3 rings (SSSR count). The van der Waals surface area contributed by atoms with Gasteiger partial charge in [-0.25, -0.2) is 9.97 Å². The summed E-state index contributed by atoms with van der Waals surface area (Å²) in [5.41, 5.74) is 0.0806. The van der Waals surface area contributed by atoms with E-state index in [0.29, 0.717) is 11.0 Å². The molecule has 0 unspecified atom stereocenters. The van der Waals surface area contributed by atoms with Crippen molar-refractivity contribution in [3.63, 3.8) is 0 Å². The maximum absolute atomic E-state index is 11.9. The SMILES string of the molecule is CC(=O)OC[C@H]1O[C@@H](Sc2nc3ccccc3nc2Cl)[C@H](OC(C)=O)[C@@H](OC(C)=O)[C@@H]1OC(C)=O. The summed E-state index contributed by atoms with van der Waals surface area (Å²) in [6.45, 7) is 4.35. The number of hydrogen-bond donors (Lipinski definition) is 0. The molecule has 13 heteroatoms. The number of benzene rings is 1. The molecule has 0 saturated carbocycles. The fourth-order valence-corrected chi connectivity index (χ4v) is 4.75. The van der Waals surface area contributed by atoms with Crippen molar-refractivity contribution in [2.24, 2.45) is 0 Å². The van der Waals surface area contributed by atoms with Gasteiger partial charge in [0, 0.05) is 27.7 Å². The van der Waals surface area contributed by atoms with Gasteiger partial charge in [0.2, 0.25) is 0 Å². The molecule has 1 aromatic carbocycles. The molecule has 0 bridgehead atoms. The summed E-state index contributed by atoms with van der Waals surface area (Å²) < 4.78 is 27.4. The lowest BCUT2D eigenvalue weighted by Gasteiger charge is -2.44. The molecule has 1 aliphatic heterocycles. The van der Waals surface area contributed by atoms with E-state index in [4.69, 9.17) is 35.3 Å². The molecule has 2 heterocycles. The standard InChI is InChI=1S/C22H23ClN2O9S/c1-10(26)30-9-16-17(31-11(2)27)18(32-12(3)28)19(33-13(4)29)22(34-16)35-21-20(23)24-14-7-5-6-8-15(14)25-21/h5-8,16-19,22H,9H2,1-4H3/t16-,17-,18+,19-,22+/m1/s1. The van der Waals surface area contributed by atoms with Crippen LogP contribution in [0.1, 0.15) is 27.7 Å². The third-order valence-electron chi connectivity index (χ3n) is 4.67. The second-order valence-electron chi connectivity index (χ2n) is 7.49. The summed E-state index contributed by atoms with van der Waals surface area (Å²) >= 11 is 7.32. The van der Waals surface area contributed by atoms with Gasteiger partial charge in [0.15, 0.2) is 28.9 Å². The highest BCUT2D eigenvalue weighted by Gasteiger charge is 2.52. The van der Waals surface area contributed by atoms with Crippen molar-refractivity contribution in [3.05, 3.63) is 29.4 Å². The molecule has 0 N–H and O–H groups in total. The Bertz CT molecular complexity index is 1130. The van der Waals surface area contributed by atoms with E-state index in [9.17, 15) is 19.2 Å². The van der Waals surface area contributed by atoms with Crippen LogP contribution >= 0.6 is 23.4 Å². The summed E-state index contributed by atoms with van der Waals surface area (Å²) in [5.74, 6) is -2.73. The minimum absolute atomic E-state index is 0.0709. The Hall–Kier alpha value is -2.96. The van der Waals surface area contributed by atoms with Crippen molar-refractivity contribution in [3.8, 4) is 0 Å². The maximum atomic E-state index is 11.9. The van der Waals surface area contributed by atoms with E-state index in [1.165, 1.54) is 13.8 Å². The van der Waals surface area contributed by atoms with Gasteiger partial charge in [-0.05, 0) is 12.1 Å². The Morgan fingerprint density at radius 3 is 1.97 bits per heavy atom. The summed E-state index contributed by atoms with van der Waals surface area (Å²) in [7, 11) is 0. The smallest absolute Gasteiger partial charge is 0.303 e. The number of rotatable bonds is 7. The molecular formula is C22H23ClN2O9S. The van der Waals surface area contributed by atoms with Crippen LogP contribution in [-0.4, -0.2) is 70.3 Å². The Morgan fingerprint density at radius 1 is 0.857 bits per heavy atom. The minimum atomic E-state index is -1.28. The number of aromatic nitrogens is 2. The van der Waals surface area contributed by atoms with Crippen LogP contribution in [0.4, 0.5) is 0 Å². The van der Waals surface area contributed by atoms with E-state index < -0.39 is 53.7 Å². The van der Waals surface area contributed by atoms with E-state index in [0.717, 1.165) is 25.6 Å². The normalized spacial score (nSPS) is 23.9. The van der Waals surface area contributed by atoms with Crippen molar-refractivity contribution in [2.45, 2.75) is 62.6 Å². The van der Waals surface area contributed by atoms with Crippen LogP contribution in [0.15, 0.2) is 29.3 Å². The van der Waals surface area contributed by atoms with Crippen LogP contribution in [0.25, 0.3) is 11.0 Å². The first-order valence-corrected chi connectivity index (χ1v) is 11.7. The molecule has 0 amide bonds. The predicted molar refractivity (Wildman–Crippen MR) is 122 cm³/mol. The number of halogens is 1. The van der Waals surface area contributed by atoms with Crippen molar-refractivity contribution in [1.82, 2.24) is 9.97 Å². The Labute approximate surface area is 209 Å². The molecule has 11 nitrogen and oxygen atoms in total. The Balaban J connectivity index is 2.03. The monoisotopic (exact) mass is 526 g/mol. The average molecular weight is 527 g/mol. The number of nitrogens with zero attached hydrogens (tertiary/aromatic N) is 2. The first-order valence-electron chi connectivity index (χ1n) is 10.4. The van der Waals surface area contributed by atoms with Crippen LogP contribution in [0.2, 0.25) is 5.15 Å². The van der Waals surface area contributed by atoms with Gasteiger partial charge >= 0.3 is 23.9 Å². The molecule has 2 aromatic rings. The quantitative estimate of drug-likeness (QED) is 0.386. The largest absolute Gasteiger partial charge is 0.463 e. The predicted octanol–water partition coefficient (Wildman–Crippen LogP) is 2.46. The molecule has 1 aromatic heterocycles. The number of thioether (sulfide) groups is 1. The van der Waals surface area contributed by atoms with Gasteiger partial charge in [-0.3, -0.25) is 19.2 Å².